The van der Waals surface area contributed by atoms with Gasteiger partial charge >= 0.3 is 6.16 Å². The van der Waals surface area contributed by atoms with Crippen molar-refractivity contribution in [3.8, 4) is 0 Å². The van der Waals surface area contributed by atoms with Crippen molar-refractivity contribution in [2.75, 3.05) is 7.11 Å². The molecule has 0 N–H and O–H groups in total. The fraction of sp³-hybridized carbons (Fsp3) is 0.909. The number of rotatable bonds is 7. The summed E-state index contributed by atoms with van der Waals surface area (Å²) in [4.78, 5) is 10.7. The number of hydrogen-bond acceptors (Lipinski definition) is 3. The molecule has 0 fully saturated rings. The molecule has 0 saturated carbocycles. The van der Waals surface area contributed by atoms with Crippen LogP contribution in [0.25, 0.3) is 0 Å². The smallest absolute Gasteiger partial charge is 0.438 e. The van der Waals surface area contributed by atoms with Crippen LogP contribution in [0.1, 0.15) is 52.4 Å². The fourth-order valence-corrected chi connectivity index (χ4v) is 1.31. The molecule has 0 spiro atoms. The molecule has 0 radical (unpaired) electrons. The van der Waals surface area contributed by atoms with Crippen LogP contribution in [0.4, 0.5) is 4.79 Å². The molecule has 0 amide bonds. The lowest BCUT2D eigenvalue weighted by Crippen LogP contribution is -2.14. The zero-order valence-electron chi connectivity index (χ0n) is 9.54. The number of carbonyl (C=O) groups excluding carboxylic acids is 1. The van der Waals surface area contributed by atoms with Crippen LogP contribution in [0, 0.1) is 0 Å². The largest absolute Gasteiger partial charge is 0.508 e. The molecule has 0 aliphatic heterocycles. The van der Waals surface area contributed by atoms with E-state index in [1.165, 1.54) is 32.8 Å². The molecule has 1 unspecified atom stereocenters. The van der Waals surface area contributed by atoms with Crippen LogP contribution in [0.15, 0.2) is 0 Å². The van der Waals surface area contributed by atoms with Gasteiger partial charge in [0.05, 0.1) is 7.11 Å². The Morgan fingerprint density at radius 3 is 2.43 bits per heavy atom. The Labute approximate surface area is 86.8 Å². The van der Waals surface area contributed by atoms with Gasteiger partial charge in [0, 0.05) is 0 Å². The van der Waals surface area contributed by atoms with E-state index in [0.717, 1.165) is 12.8 Å². The van der Waals surface area contributed by atoms with Gasteiger partial charge in [0.25, 0.3) is 0 Å². The molecular weight excluding hydrogens is 180 g/mol. The first-order chi connectivity index (χ1) is 6.70. The lowest BCUT2D eigenvalue weighted by Gasteiger charge is -2.11. The Hall–Kier alpha value is -0.730. The van der Waals surface area contributed by atoms with Crippen molar-refractivity contribution in [3.63, 3.8) is 0 Å². The van der Waals surface area contributed by atoms with Crippen molar-refractivity contribution in [2.45, 2.75) is 58.5 Å². The zero-order chi connectivity index (χ0) is 10.8. The van der Waals surface area contributed by atoms with Crippen molar-refractivity contribution in [1.82, 2.24) is 0 Å². The summed E-state index contributed by atoms with van der Waals surface area (Å²) in [5.41, 5.74) is 0. The SMILES string of the molecule is CCCCCCCC(C)OC(=O)OC. The number of carbonyl (C=O) groups is 1. The van der Waals surface area contributed by atoms with Crippen molar-refractivity contribution in [3.05, 3.63) is 0 Å². The second-order valence-corrected chi connectivity index (χ2v) is 3.59. The Balaban J connectivity index is 3.26. The monoisotopic (exact) mass is 202 g/mol. The highest BCUT2D eigenvalue weighted by Crippen LogP contribution is 2.09. The molecule has 84 valence electrons. The Kier molecular flexibility index (Phi) is 8.39. The maximum Gasteiger partial charge on any atom is 0.508 e. The van der Waals surface area contributed by atoms with Gasteiger partial charge in [-0.15, -0.1) is 0 Å². The summed E-state index contributed by atoms with van der Waals surface area (Å²) < 4.78 is 9.35. The van der Waals surface area contributed by atoms with Crippen LogP contribution >= 0.6 is 0 Å². The van der Waals surface area contributed by atoms with E-state index in [9.17, 15) is 4.79 Å². The van der Waals surface area contributed by atoms with E-state index in [0.29, 0.717) is 0 Å². The molecule has 14 heavy (non-hydrogen) atoms. The van der Waals surface area contributed by atoms with Crippen LogP contribution in [0.3, 0.4) is 0 Å². The highest BCUT2D eigenvalue weighted by Gasteiger charge is 2.07. The highest BCUT2D eigenvalue weighted by molar-refractivity contribution is 5.59. The molecule has 0 aromatic carbocycles. The second kappa shape index (κ2) is 8.85. The minimum Gasteiger partial charge on any atom is -0.438 e. The quantitative estimate of drug-likeness (QED) is 0.468. The van der Waals surface area contributed by atoms with E-state index < -0.39 is 6.16 Å². The summed E-state index contributed by atoms with van der Waals surface area (Å²) in [6, 6.07) is 0. The lowest BCUT2D eigenvalue weighted by atomic mass is 10.1. The molecule has 0 bridgehead atoms. The summed E-state index contributed by atoms with van der Waals surface area (Å²) in [6.45, 7) is 4.10. The first-order valence-electron chi connectivity index (χ1n) is 5.45. The standard InChI is InChI=1S/C11H22O3/c1-4-5-6-7-8-9-10(2)14-11(12)13-3/h10H,4-9H2,1-3H3. The predicted octanol–water partition coefficient (Wildman–Crippen LogP) is 3.52. The van der Waals surface area contributed by atoms with Crippen LogP contribution in [0.2, 0.25) is 0 Å². The normalized spacial score (nSPS) is 12.2. The van der Waals surface area contributed by atoms with Crippen molar-refractivity contribution < 1.29 is 14.3 Å². The van der Waals surface area contributed by atoms with Gasteiger partial charge in [0.1, 0.15) is 6.10 Å². The van der Waals surface area contributed by atoms with Gasteiger partial charge in [-0.25, -0.2) is 4.79 Å². The van der Waals surface area contributed by atoms with E-state index in [1.54, 1.807) is 0 Å². The van der Waals surface area contributed by atoms with Gasteiger partial charge in [-0.05, 0) is 19.8 Å². The summed E-state index contributed by atoms with van der Waals surface area (Å²) in [5.74, 6) is 0. The number of ether oxygens (including phenoxy) is 2. The molecule has 3 heteroatoms. The maximum absolute atomic E-state index is 10.7. The van der Waals surface area contributed by atoms with E-state index in [-0.39, 0.29) is 6.10 Å². The summed E-state index contributed by atoms with van der Waals surface area (Å²) in [7, 11) is 1.33. The van der Waals surface area contributed by atoms with Crippen LogP contribution < -0.4 is 0 Å². The van der Waals surface area contributed by atoms with E-state index >= 15 is 0 Å². The van der Waals surface area contributed by atoms with Crippen molar-refractivity contribution in [1.29, 1.82) is 0 Å². The van der Waals surface area contributed by atoms with E-state index in [4.69, 9.17) is 4.74 Å². The predicted molar refractivity (Wildman–Crippen MR) is 56.3 cm³/mol. The highest BCUT2D eigenvalue weighted by atomic mass is 16.7. The molecule has 0 aliphatic carbocycles. The Bertz CT molecular complexity index is 145. The van der Waals surface area contributed by atoms with Gasteiger partial charge < -0.3 is 9.47 Å². The first-order valence-corrected chi connectivity index (χ1v) is 5.45. The third-order valence-electron chi connectivity index (χ3n) is 2.18. The lowest BCUT2D eigenvalue weighted by molar-refractivity contribution is 0.0397. The maximum atomic E-state index is 10.7. The average molecular weight is 202 g/mol. The van der Waals surface area contributed by atoms with Crippen LogP contribution in [0.5, 0.6) is 0 Å². The van der Waals surface area contributed by atoms with E-state index in [2.05, 4.69) is 11.7 Å². The van der Waals surface area contributed by atoms with E-state index in [1.807, 2.05) is 6.92 Å². The van der Waals surface area contributed by atoms with Crippen LogP contribution in [-0.2, 0) is 9.47 Å². The van der Waals surface area contributed by atoms with Gasteiger partial charge in [-0.3, -0.25) is 0 Å². The first kappa shape index (κ1) is 13.3. The third-order valence-corrected chi connectivity index (χ3v) is 2.18. The number of hydrogen-bond donors (Lipinski definition) is 0. The molecule has 1 atom stereocenters. The number of methoxy groups -OCH3 is 1. The summed E-state index contributed by atoms with van der Waals surface area (Å²) >= 11 is 0. The van der Waals surface area contributed by atoms with Crippen LogP contribution in [-0.4, -0.2) is 19.4 Å². The molecule has 0 aromatic rings. The third kappa shape index (κ3) is 7.90. The fourth-order valence-electron chi connectivity index (χ4n) is 1.31. The van der Waals surface area contributed by atoms with Gasteiger partial charge in [-0.1, -0.05) is 32.6 Å². The Morgan fingerprint density at radius 1 is 1.21 bits per heavy atom. The van der Waals surface area contributed by atoms with Gasteiger partial charge in [0.15, 0.2) is 0 Å². The van der Waals surface area contributed by atoms with Crippen molar-refractivity contribution >= 4 is 6.16 Å². The molecule has 0 aromatic heterocycles. The molecular formula is C11H22O3. The molecule has 0 heterocycles. The number of unbranched alkanes of at least 4 members (excludes halogenated alkanes) is 4. The second-order valence-electron chi connectivity index (χ2n) is 3.59. The molecule has 3 nitrogen and oxygen atoms in total. The summed E-state index contributed by atoms with van der Waals surface area (Å²) in [6.07, 6.45) is 6.51. The molecule has 0 rings (SSSR count). The minimum absolute atomic E-state index is 0.0240. The summed E-state index contributed by atoms with van der Waals surface area (Å²) in [5, 5.41) is 0. The average Bonchev–Trinajstić information content (AvgIpc) is 2.17. The molecule has 0 saturated heterocycles. The van der Waals surface area contributed by atoms with Crippen molar-refractivity contribution in [2.24, 2.45) is 0 Å². The van der Waals surface area contributed by atoms with Gasteiger partial charge in [0.2, 0.25) is 0 Å². The Morgan fingerprint density at radius 2 is 1.86 bits per heavy atom. The minimum atomic E-state index is -0.578. The zero-order valence-corrected chi connectivity index (χ0v) is 9.54. The van der Waals surface area contributed by atoms with Gasteiger partial charge in [-0.2, -0.15) is 0 Å². The molecule has 0 aliphatic rings. The topological polar surface area (TPSA) is 35.5 Å².